The average Bonchev–Trinajstić information content (AvgIpc) is 3.07. The van der Waals surface area contributed by atoms with Crippen LogP contribution in [0.2, 0.25) is 0 Å². The van der Waals surface area contributed by atoms with Gasteiger partial charge in [-0.25, -0.2) is 28.1 Å². The molecule has 0 unspecified atom stereocenters. The van der Waals surface area contributed by atoms with Gasteiger partial charge in [-0.15, -0.1) is 0 Å². The molecule has 0 aliphatic heterocycles. The average molecular weight is 348 g/mol. The van der Waals surface area contributed by atoms with Gasteiger partial charge in [-0.2, -0.15) is 0 Å². The number of aliphatic hydroxyl groups is 1. The molecule has 0 fully saturated rings. The topological polar surface area (TPSA) is 63.8 Å². The van der Waals surface area contributed by atoms with Gasteiger partial charge >= 0.3 is 0 Å². The number of hydrogen-bond donors (Lipinski definition) is 1. The number of rotatable bonds is 5. The summed E-state index contributed by atoms with van der Waals surface area (Å²) in [6.07, 6.45) is 6.63. The van der Waals surface area contributed by atoms with E-state index in [1.807, 2.05) is 0 Å². The van der Waals surface area contributed by atoms with Gasteiger partial charge in [0.25, 0.3) is 0 Å². The van der Waals surface area contributed by atoms with Gasteiger partial charge in [0.2, 0.25) is 0 Å². The Morgan fingerprint density at radius 2 is 2.00 bits per heavy atom. The molecule has 1 aromatic carbocycles. The first-order valence-corrected chi connectivity index (χ1v) is 7.51. The quantitative estimate of drug-likeness (QED) is 0.770. The monoisotopic (exact) mass is 348 g/mol. The van der Waals surface area contributed by atoms with Crippen LogP contribution in [0.5, 0.6) is 0 Å². The molecule has 0 amide bonds. The largest absolute Gasteiger partial charge is 0.382 e. The van der Waals surface area contributed by atoms with Crippen LogP contribution in [0.25, 0.3) is 0 Å². The van der Waals surface area contributed by atoms with Crippen molar-refractivity contribution >= 4 is 0 Å². The zero-order chi connectivity index (χ0) is 18.0. The number of imidazole rings is 1. The second-order valence-corrected chi connectivity index (χ2v) is 5.76. The molecular weight excluding hydrogens is 333 g/mol. The standard InChI is InChI=1S/C17H15F3N4O/c1-11(16-15(20)7-22-9-23-16)17(25,8-24-5-4-21-10-24)13-3-2-12(18)6-14(13)19/h2-7,9-11,25H,8H2,1H3/t11-,17+/m0/s1. The maximum absolute atomic E-state index is 14.4. The van der Waals surface area contributed by atoms with Crippen molar-refractivity contribution in [1.29, 1.82) is 0 Å². The molecule has 1 N–H and O–H groups in total. The number of halogens is 3. The van der Waals surface area contributed by atoms with Crippen LogP contribution in [0.4, 0.5) is 13.2 Å². The lowest BCUT2D eigenvalue weighted by Gasteiger charge is -2.35. The lowest BCUT2D eigenvalue weighted by Crippen LogP contribution is -2.38. The fourth-order valence-corrected chi connectivity index (χ4v) is 2.82. The SMILES string of the molecule is C[C@@H](c1ncncc1F)[C@](O)(Cn1ccnc1)c1ccc(F)cc1F. The molecule has 0 bridgehead atoms. The van der Waals surface area contributed by atoms with Crippen LogP contribution in [0.15, 0.2) is 49.4 Å². The molecule has 2 heterocycles. The van der Waals surface area contributed by atoms with Crippen molar-refractivity contribution in [3.05, 3.63) is 78.2 Å². The zero-order valence-electron chi connectivity index (χ0n) is 13.3. The van der Waals surface area contributed by atoms with E-state index in [9.17, 15) is 18.3 Å². The predicted octanol–water partition coefficient (Wildman–Crippen LogP) is 2.78. The van der Waals surface area contributed by atoms with Gasteiger partial charge in [-0.3, -0.25) is 0 Å². The third-order valence-corrected chi connectivity index (χ3v) is 4.20. The van der Waals surface area contributed by atoms with Crippen molar-refractivity contribution in [3.63, 3.8) is 0 Å². The smallest absolute Gasteiger partial charge is 0.163 e. The Hall–Kier alpha value is -2.74. The first kappa shape index (κ1) is 17.1. The Balaban J connectivity index is 2.13. The van der Waals surface area contributed by atoms with E-state index in [4.69, 9.17) is 0 Å². The van der Waals surface area contributed by atoms with Gasteiger partial charge in [0.05, 0.1) is 24.8 Å². The molecule has 3 aromatic rings. The lowest BCUT2D eigenvalue weighted by molar-refractivity contribution is -0.0103. The normalized spacial score (nSPS) is 14.9. The number of aromatic nitrogens is 4. The molecule has 2 atom stereocenters. The molecular formula is C17H15F3N4O. The Morgan fingerprint density at radius 3 is 2.64 bits per heavy atom. The molecule has 130 valence electrons. The third kappa shape index (κ3) is 3.25. The highest BCUT2D eigenvalue weighted by Gasteiger charge is 2.41. The van der Waals surface area contributed by atoms with E-state index in [1.54, 1.807) is 6.20 Å². The number of benzene rings is 1. The molecule has 0 saturated heterocycles. The highest BCUT2D eigenvalue weighted by Crippen LogP contribution is 2.39. The van der Waals surface area contributed by atoms with Crippen molar-refractivity contribution in [3.8, 4) is 0 Å². The van der Waals surface area contributed by atoms with Crippen molar-refractivity contribution in [2.75, 3.05) is 0 Å². The summed E-state index contributed by atoms with van der Waals surface area (Å²) in [7, 11) is 0. The van der Waals surface area contributed by atoms with Crippen LogP contribution in [0.1, 0.15) is 24.1 Å². The van der Waals surface area contributed by atoms with Crippen LogP contribution >= 0.6 is 0 Å². The van der Waals surface area contributed by atoms with Gasteiger partial charge < -0.3 is 9.67 Å². The highest BCUT2D eigenvalue weighted by molar-refractivity contribution is 5.30. The lowest BCUT2D eigenvalue weighted by atomic mass is 9.79. The van der Waals surface area contributed by atoms with E-state index in [0.29, 0.717) is 6.07 Å². The summed E-state index contributed by atoms with van der Waals surface area (Å²) >= 11 is 0. The Labute approximate surface area is 141 Å². The Kier molecular flexibility index (Phi) is 4.54. The third-order valence-electron chi connectivity index (χ3n) is 4.20. The van der Waals surface area contributed by atoms with Crippen molar-refractivity contribution < 1.29 is 18.3 Å². The Bertz CT molecular complexity index is 872. The molecule has 2 aromatic heterocycles. The highest BCUT2D eigenvalue weighted by atomic mass is 19.1. The summed E-state index contributed by atoms with van der Waals surface area (Å²) in [4.78, 5) is 11.3. The maximum Gasteiger partial charge on any atom is 0.163 e. The van der Waals surface area contributed by atoms with Crippen molar-refractivity contribution in [2.45, 2.75) is 25.0 Å². The molecule has 0 aliphatic rings. The van der Waals surface area contributed by atoms with E-state index < -0.39 is 29.0 Å². The summed E-state index contributed by atoms with van der Waals surface area (Å²) in [5, 5.41) is 11.3. The summed E-state index contributed by atoms with van der Waals surface area (Å²) in [6, 6.07) is 2.87. The molecule has 0 spiro atoms. The predicted molar refractivity (Wildman–Crippen MR) is 82.9 cm³/mol. The summed E-state index contributed by atoms with van der Waals surface area (Å²) in [6.45, 7) is 1.39. The second kappa shape index (κ2) is 6.64. The number of hydrogen-bond acceptors (Lipinski definition) is 4. The van der Waals surface area contributed by atoms with E-state index >= 15 is 0 Å². The van der Waals surface area contributed by atoms with Crippen LogP contribution in [0, 0.1) is 17.5 Å². The zero-order valence-corrected chi connectivity index (χ0v) is 13.3. The molecule has 8 heteroatoms. The van der Waals surface area contributed by atoms with E-state index in [2.05, 4.69) is 15.0 Å². The van der Waals surface area contributed by atoms with Crippen LogP contribution in [0.3, 0.4) is 0 Å². The van der Waals surface area contributed by atoms with E-state index in [-0.39, 0.29) is 17.8 Å². The minimum Gasteiger partial charge on any atom is -0.382 e. The van der Waals surface area contributed by atoms with Crippen LogP contribution in [-0.4, -0.2) is 24.6 Å². The van der Waals surface area contributed by atoms with E-state index in [0.717, 1.165) is 24.7 Å². The number of nitrogens with zero attached hydrogens (tertiary/aromatic N) is 4. The second-order valence-electron chi connectivity index (χ2n) is 5.76. The maximum atomic E-state index is 14.4. The van der Waals surface area contributed by atoms with Crippen molar-refractivity contribution in [2.24, 2.45) is 0 Å². The molecule has 5 nitrogen and oxygen atoms in total. The molecule has 0 radical (unpaired) electrons. The molecule has 0 saturated carbocycles. The molecule has 25 heavy (non-hydrogen) atoms. The van der Waals surface area contributed by atoms with Crippen LogP contribution in [-0.2, 0) is 12.1 Å². The van der Waals surface area contributed by atoms with Gasteiger partial charge in [0, 0.05) is 29.9 Å². The molecule has 0 aliphatic carbocycles. The summed E-state index contributed by atoms with van der Waals surface area (Å²) in [5.74, 6) is -3.37. The first-order chi connectivity index (χ1) is 11.9. The minimum absolute atomic E-state index is 0.0682. The first-order valence-electron chi connectivity index (χ1n) is 7.51. The van der Waals surface area contributed by atoms with Gasteiger partial charge in [-0.05, 0) is 6.07 Å². The fraction of sp³-hybridized carbons (Fsp3) is 0.235. The summed E-state index contributed by atoms with van der Waals surface area (Å²) in [5.41, 5.74) is -2.12. The van der Waals surface area contributed by atoms with Crippen LogP contribution < -0.4 is 0 Å². The van der Waals surface area contributed by atoms with Gasteiger partial charge in [0.15, 0.2) is 5.82 Å². The summed E-state index contributed by atoms with van der Waals surface area (Å²) < 4.78 is 43.3. The Morgan fingerprint density at radius 1 is 1.20 bits per heavy atom. The molecule has 3 rings (SSSR count). The van der Waals surface area contributed by atoms with Gasteiger partial charge in [-0.1, -0.05) is 13.0 Å². The van der Waals surface area contributed by atoms with E-state index in [1.165, 1.54) is 24.0 Å². The van der Waals surface area contributed by atoms with Crippen molar-refractivity contribution in [1.82, 2.24) is 19.5 Å². The minimum atomic E-state index is -1.90. The fourth-order valence-electron chi connectivity index (χ4n) is 2.82. The van der Waals surface area contributed by atoms with Gasteiger partial charge in [0.1, 0.15) is 23.6 Å².